The summed E-state index contributed by atoms with van der Waals surface area (Å²) in [4.78, 5) is 13.6. The maximum Gasteiger partial charge on any atom is 0.240 e. The lowest BCUT2D eigenvalue weighted by Gasteiger charge is -2.35. The first-order valence-corrected chi connectivity index (χ1v) is 10.6. The summed E-state index contributed by atoms with van der Waals surface area (Å²) in [7, 11) is -3.61. The first-order valence-electron chi connectivity index (χ1n) is 9.14. The SMILES string of the molecule is CC(=O)N(CCNS(=O)(=O)c1ccc(OC2CCCC2)cc1)C(C)(C)C. The zero-order valence-electron chi connectivity index (χ0n) is 16.1. The number of carbonyl (C=O) groups excluding carboxylic acids is 1. The van der Waals surface area contributed by atoms with E-state index in [4.69, 9.17) is 4.74 Å². The molecule has 0 radical (unpaired) electrons. The van der Waals surface area contributed by atoms with Gasteiger partial charge in [0, 0.05) is 25.6 Å². The molecule has 26 heavy (non-hydrogen) atoms. The monoisotopic (exact) mass is 382 g/mol. The van der Waals surface area contributed by atoms with Crippen molar-refractivity contribution >= 4 is 15.9 Å². The lowest BCUT2D eigenvalue weighted by atomic mass is 10.1. The third-order valence-corrected chi connectivity index (χ3v) is 6.03. The van der Waals surface area contributed by atoms with Crippen LogP contribution in [-0.2, 0) is 14.8 Å². The van der Waals surface area contributed by atoms with Crippen molar-refractivity contribution in [3.8, 4) is 5.75 Å². The van der Waals surface area contributed by atoms with Crippen LogP contribution < -0.4 is 9.46 Å². The van der Waals surface area contributed by atoms with Gasteiger partial charge in [-0.15, -0.1) is 0 Å². The Morgan fingerprint density at radius 1 is 1.19 bits per heavy atom. The summed E-state index contributed by atoms with van der Waals surface area (Å²) in [5.74, 6) is 0.622. The van der Waals surface area contributed by atoms with E-state index < -0.39 is 10.0 Å². The van der Waals surface area contributed by atoms with E-state index in [2.05, 4.69) is 4.72 Å². The Bertz CT molecular complexity index is 702. The number of nitrogens with zero attached hydrogens (tertiary/aromatic N) is 1. The normalized spacial score (nSPS) is 15.8. The van der Waals surface area contributed by atoms with E-state index in [-0.39, 0.29) is 29.0 Å². The first-order chi connectivity index (χ1) is 12.1. The molecule has 7 heteroatoms. The Morgan fingerprint density at radius 2 is 1.77 bits per heavy atom. The van der Waals surface area contributed by atoms with Crippen molar-refractivity contribution in [3.05, 3.63) is 24.3 Å². The highest BCUT2D eigenvalue weighted by atomic mass is 32.2. The largest absolute Gasteiger partial charge is 0.490 e. The highest BCUT2D eigenvalue weighted by Crippen LogP contribution is 2.25. The van der Waals surface area contributed by atoms with Gasteiger partial charge in [0.25, 0.3) is 0 Å². The Hall–Kier alpha value is -1.60. The first kappa shape index (κ1) is 20.7. The highest BCUT2D eigenvalue weighted by molar-refractivity contribution is 7.89. The fourth-order valence-electron chi connectivity index (χ4n) is 3.24. The van der Waals surface area contributed by atoms with Crippen LogP contribution in [0.2, 0.25) is 0 Å². The average molecular weight is 383 g/mol. The molecule has 0 saturated heterocycles. The number of rotatable bonds is 7. The summed E-state index contributed by atoms with van der Waals surface area (Å²) in [6, 6.07) is 6.51. The maximum absolute atomic E-state index is 12.4. The van der Waals surface area contributed by atoms with Gasteiger partial charge in [0.1, 0.15) is 5.75 Å². The predicted octanol–water partition coefficient (Wildman–Crippen LogP) is 2.93. The van der Waals surface area contributed by atoms with Crippen LogP contribution in [0, 0.1) is 0 Å². The molecular formula is C19H30N2O4S. The van der Waals surface area contributed by atoms with Crippen LogP contribution in [0.3, 0.4) is 0 Å². The van der Waals surface area contributed by atoms with Gasteiger partial charge >= 0.3 is 0 Å². The summed E-state index contributed by atoms with van der Waals surface area (Å²) < 4.78 is 33.3. The van der Waals surface area contributed by atoms with Gasteiger partial charge in [-0.05, 0) is 70.7 Å². The van der Waals surface area contributed by atoms with Crippen molar-refractivity contribution in [2.45, 2.75) is 69.9 Å². The van der Waals surface area contributed by atoms with Crippen LogP contribution in [0.5, 0.6) is 5.75 Å². The quantitative estimate of drug-likeness (QED) is 0.787. The number of hydrogen-bond donors (Lipinski definition) is 1. The zero-order chi connectivity index (χ0) is 19.4. The van der Waals surface area contributed by atoms with Crippen LogP contribution in [0.15, 0.2) is 29.2 Å². The molecule has 1 aromatic carbocycles. The number of sulfonamides is 1. The lowest BCUT2D eigenvalue weighted by Crippen LogP contribution is -2.48. The molecule has 1 aromatic rings. The van der Waals surface area contributed by atoms with Crippen LogP contribution in [0.25, 0.3) is 0 Å². The molecule has 146 valence electrons. The van der Waals surface area contributed by atoms with Crippen molar-refractivity contribution in [3.63, 3.8) is 0 Å². The topological polar surface area (TPSA) is 75.7 Å². The minimum absolute atomic E-state index is 0.0786. The number of carbonyl (C=O) groups is 1. The highest BCUT2D eigenvalue weighted by Gasteiger charge is 2.24. The van der Waals surface area contributed by atoms with E-state index in [1.54, 1.807) is 29.2 Å². The van der Waals surface area contributed by atoms with Gasteiger partial charge in [0.05, 0.1) is 11.0 Å². The second kappa shape index (κ2) is 8.39. The van der Waals surface area contributed by atoms with Crippen molar-refractivity contribution in [1.29, 1.82) is 0 Å². The fourth-order valence-corrected chi connectivity index (χ4v) is 4.26. The molecule has 1 amide bonds. The smallest absolute Gasteiger partial charge is 0.240 e. The van der Waals surface area contributed by atoms with Gasteiger partial charge < -0.3 is 9.64 Å². The molecule has 0 unspecified atom stereocenters. The molecule has 0 bridgehead atoms. The molecule has 6 nitrogen and oxygen atoms in total. The Balaban J connectivity index is 1.93. The summed E-state index contributed by atoms with van der Waals surface area (Å²) in [5.41, 5.74) is -0.351. The third kappa shape index (κ3) is 5.71. The zero-order valence-corrected chi connectivity index (χ0v) is 16.9. The molecule has 0 spiro atoms. The third-order valence-electron chi connectivity index (χ3n) is 4.56. The van der Waals surface area contributed by atoms with E-state index in [9.17, 15) is 13.2 Å². The number of hydrogen-bond acceptors (Lipinski definition) is 4. The van der Waals surface area contributed by atoms with E-state index in [0.29, 0.717) is 12.3 Å². The Labute approximate surface area is 157 Å². The molecule has 0 aromatic heterocycles. The van der Waals surface area contributed by atoms with Crippen LogP contribution >= 0.6 is 0 Å². The second-order valence-electron chi connectivity index (χ2n) is 7.73. The summed E-state index contributed by atoms with van der Waals surface area (Å²) in [5, 5.41) is 0. The molecule has 0 heterocycles. The predicted molar refractivity (Wildman–Crippen MR) is 102 cm³/mol. The summed E-state index contributed by atoms with van der Waals surface area (Å²) in [6.45, 7) is 7.74. The molecule has 1 N–H and O–H groups in total. The Kier molecular flexibility index (Phi) is 6.69. The van der Waals surface area contributed by atoms with Gasteiger partial charge in [0.2, 0.25) is 15.9 Å². The minimum atomic E-state index is -3.61. The molecule has 1 aliphatic rings. The van der Waals surface area contributed by atoms with Gasteiger partial charge in [-0.3, -0.25) is 4.79 Å². The standard InChI is InChI=1S/C19H30N2O4S/c1-15(22)21(19(2,3)4)14-13-20-26(23,24)18-11-9-17(10-12-18)25-16-7-5-6-8-16/h9-12,16,20H,5-8,13-14H2,1-4H3. The average Bonchev–Trinajstić information content (AvgIpc) is 3.03. The van der Waals surface area contributed by atoms with Crippen LogP contribution in [0.1, 0.15) is 53.4 Å². The minimum Gasteiger partial charge on any atom is -0.490 e. The second-order valence-corrected chi connectivity index (χ2v) is 9.50. The maximum atomic E-state index is 12.4. The molecule has 1 saturated carbocycles. The number of amides is 1. The van der Waals surface area contributed by atoms with E-state index in [1.807, 2.05) is 20.8 Å². The molecule has 1 fully saturated rings. The van der Waals surface area contributed by atoms with Gasteiger partial charge in [-0.25, -0.2) is 13.1 Å². The number of benzene rings is 1. The molecule has 2 rings (SSSR count). The fraction of sp³-hybridized carbons (Fsp3) is 0.632. The summed E-state index contributed by atoms with van der Waals surface area (Å²) >= 11 is 0. The molecule has 1 aliphatic carbocycles. The molecule has 0 atom stereocenters. The van der Waals surface area contributed by atoms with Crippen molar-refractivity contribution < 1.29 is 17.9 Å². The molecular weight excluding hydrogens is 352 g/mol. The van der Waals surface area contributed by atoms with Gasteiger partial charge in [-0.1, -0.05) is 0 Å². The number of ether oxygens (including phenoxy) is 1. The lowest BCUT2D eigenvalue weighted by molar-refractivity contribution is -0.133. The summed E-state index contributed by atoms with van der Waals surface area (Å²) in [6.07, 6.45) is 4.73. The van der Waals surface area contributed by atoms with Crippen molar-refractivity contribution in [2.24, 2.45) is 0 Å². The van der Waals surface area contributed by atoms with Crippen LogP contribution in [0.4, 0.5) is 0 Å². The van der Waals surface area contributed by atoms with E-state index in [0.717, 1.165) is 12.8 Å². The van der Waals surface area contributed by atoms with E-state index in [1.165, 1.54) is 19.8 Å². The van der Waals surface area contributed by atoms with E-state index >= 15 is 0 Å². The van der Waals surface area contributed by atoms with Crippen LogP contribution in [-0.4, -0.2) is 44.0 Å². The number of nitrogens with one attached hydrogen (secondary N) is 1. The van der Waals surface area contributed by atoms with Crippen molar-refractivity contribution in [2.75, 3.05) is 13.1 Å². The van der Waals surface area contributed by atoms with Gasteiger partial charge in [0.15, 0.2) is 0 Å². The Morgan fingerprint density at radius 3 is 2.27 bits per heavy atom. The van der Waals surface area contributed by atoms with Gasteiger partial charge in [-0.2, -0.15) is 0 Å². The molecule has 0 aliphatic heterocycles. The van der Waals surface area contributed by atoms with Crippen molar-refractivity contribution in [1.82, 2.24) is 9.62 Å².